The largest absolute Gasteiger partial charge is 0.396 e. The van der Waals surface area contributed by atoms with Crippen LogP contribution in [0.4, 0.5) is 10.1 Å². The van der Waals surface area contributed by atoms with Crippen molar-refractivity contribution in [3.63, 3.8) is 0 Å². The molecule has 1 aromatic rings. The first-order valence-electron chi connectivity index (χ1n) is 7.97. The van der Waals surface area contributed by atoms with E-state index in [9.17, 15) is 4.39 Å². The molecule has 1 unspecified atom stereocenters. The van der Waals surface area contributed by atoms with Crippen molar-refractivity contribution in [2.45, 2.75) is 45.7 Å². The number of halogens is 1. The predicted molar refractivity (Wildman–Crippen MR) is 85.0 cm³/mol. The fourth-order valence-corrected chi connectivity index (χ4v) is 3.02. The van der Waals surface area contributed by atoms with E-state index < -0.39 is 0 Å². The van der Waals surface area contributed by atoms with Crippen LogP contribution in [0.2, 0.25) is 0 Å². The highest BCUT2D eigenvalue weighted by atomic mass is 19.1. The highest BCUT2D eigenvalue weighted by Crippen LogP contribution is 2.28. The lowest BCUT2D eigenvalue weighted by atomic mass is 9.94. The summed E-state index contributed by atoms with van der Waals surface area (Å²) in [6.45, 7) is 7.10. The van der Waals surface area contributed by atoms with Crippen LogP contribution in [0.15, 0.2) is 18.2 Å². The lowest BCUT2D eigenvalue weighted by Gasteiger charge is -2.35. The number of anilines is 1. The summed E-state index contributed by atoms with van der Waals surface area (Å²) in [4.78, 5) is 2.35. The van der Waals surface area contributed by atoms with Crippen LogP contribution in [0.25, 0.3) is 0 Å². The number of hydrogen-bond donors (Lipinski definition) is 2. The molecule has 1 aliphatic rings. The minimum atomic E-state index is -0.178. The van der Waals surface area contributed by atoms with Crippen LogP contribution < -0.4 is 10.2 Å². The molecule has 0 saturated carbocycles. The van der Waals surface area contributed by atoms with Gasteiger partial charge in [0, 0.05) is 38.0 Å². The second-order valence-electron chi connectivity index (χ2n) is 6.28. The number of aliphatic hydroxyl groups excluding tert-OH is 1. The van der Waals surface area contributed by atoms with Gasteiger partial charge in [-0.3, -0.25) is 0 Å². The van der Waals surface area contributed by atoms with Gasteiger partial charge in [0.25, 0.3) is 0 Å². The van der Waals surface area contributed by atoms with E-state index in [1.54, 1.807) is 12.1 Å². The Morgan fingerprint density at radius 1 is 1.43 bits per heavy atom. The first kappa shape index (κ1) is 16.2. The van der Waals surface area contributed by atoms with Crippen molar-refractivity contribution >= 4 is 5.69 Å². The molecule has 0 radical (unpaired) electrons. The minimum absolute atomic E-state index is 0.178. The summed E-state index contributed by atoms with van der Waals surface area (Å²) in [5.74, 6) is 0.364. The molecule has 1 saturated heterocycles. The molecule has 2 rings (SSSR count). The molecule has 0 aliphatic carbocycles. The fraction of sp³-hybridized carbons (Fsp3) is 0.647. The molecular weight excluding hydrogens is 267 g/mol. The third-order valence-electron chi connectivity index (χ3n) is 4.14. The molecule has 1 aromatic carbocycles. The van der Waals surface area contributed by atoms with Gasteiger partial charge in [-0.1, -0.05) is 13.8 Å². The highest BCUT2D eigenvalue weighted by molar-refractivity contribution is 5.54. The maximum absolute atomic E-state index is 13.6. The van der Waals surface area contributed by atoms with Crippen molar-refractivity contribution in [2.75, 3.05) is 24.6 Å². The van der Waals surface area contributed by atoms with Crippen molar-refractivity contribution in [3.05, 3.63) is 29.6 Å². The van der Waals surface area contributed by atoms with Gasteiger partial charge in [-0.15, -0.1) is 0 Å². The Hall–Kier alpha value is -1.13. The quantitative estimate of drug-likeness (QED) is 0.847. The molecule has 118 valence electrons. The monoisotopic (exact) mass is 294 g/mol. The third kappa shape index (κ3) is 4.68. The molecule has 21 heavy (non-hydrogen) atoms. The van der Waals surface area contributed by atoms with E-state index in [4.69, 9.17) is 5.11 Å². The second kappa shape index (κ2) is 7.76. The lowest BCUT2D eigenvalue weighted by Crippen LogP contribution is -2.36. The van der Waals surface area contributed by atoms with Crippen molar-refractivity contribution in [3.8, 4) is 0 Å². The molecule has 0 spiro atoms. The number of rotatable bonds is 6. The van der Waals surface area contributed by atoms with Gasteiger partial charge in [0.05, 0.1) is 0 Å². The van der Waals surface area contributed by atoms with Crippen LogP contribution in [0.5, 0.6) is 0 Å². The molecule has 1 heterocycles. The predicted octanol–water partition coefficient (Wildman–Crippen LogP) is 2.92. The van der Waals surface area contributed by atoms with Gasteiger partial charge in [-0.05, 0) is 48.9 Å². The molecular formula is C17H27FN2O. The average Bonchev–Trinajstić information content (AvgIpc) is 2.46. The standard InChI is InChI=1S/C17H27FN2O/c1-13(2)19-11-15-10-16(18)5-6-17(15)20-8-3-4-14(12-20)7-9-21/h5-6,10,13-14,19,21H,3-4,7-9,11-12H2,1-2H3. The van der Waals surface area contributed by atoms with Crippen LogP contribution in [-0.4, -0.2) is 30.8 Å². The number of piperidine rings is 1. The second-order valence-corrected chi connectivity index (χ2v) is 6.28. The summed E-state index contributed by atoms with van der Waals surface area (Å²) in [6.07, 6.45) is 3.17. The summed E-state index contributed by atoms with van der Waals surface area (Å²) in [7, 11) is 0. The SMILES string of the molecule is CC(C)NCc1cc(F)ccc1N1CCCC(CCO)C1. The van der Waals surface area contributed by atoms with Gasteiger partial charge >= 0.3 is 0 Å². The van der Waals surface area contributed by atoms with Gasteiger partial charge < -0.3 is 15.3 Å². The zero-order chi connectivity index (χ0) is 15.2. The minimum Gasteiger partial charge on any atom is -0.396 e. The van der Waals surface area contributed by atoms with E-state index in [-0.39, 0.29) is 12.4 Å². The van der Waals surface area contributed by atoms with Crippen molar-refractivity contribution < 1.29 is 9.50 Å². The Balaban J connectivity index is 2.13. The van der Waals surface area contributed by atoms with E-state index in [0.29, 0.717) is 18.5 Å². The van der Waals surface area contributed by atoms with E-state index in [0.717, 1.165) is 37.2 Å². The molecule has 0 aromatic heterocycles. The molecule has 0 amide bonds. The maximum atomic E-state index is 13.6. The topological polar surface area (TPSA) is 35.5 Å². The molecule has 3 nitrogen and oxygen atoms in total. The van der Waals surface area contributed by atoms with Gasteiger partial charge in [-0.2, -0.15) is 0 Å². The van der Waals surface area contributed by atoms with Crippen LogP contribution in [0.3, 0.4) is 0 Å². The summed E-state index contributed by atoms with van der Waals surface area (Å²) in [5.41, 5.74) is 2.15. The summed E-state index contributed by atoms with van der Waals surface area (Å²) >= 11 is 0. The van der Waals surface area contributed by atoms with Crippen LogP contribution >= 0.6 is 0 Å². The van der Waals surface area contributed by atoms with Crippen LogP contribution in [-0.2, 0) is 6.54 Å². The summed E-state index contributed by atoms with van der Waals surface area (Å²) < 4.78 is 13.6. The Bertz CT molecular complexity index is 448. The average molecular weight is 294 g/mol. The van der Waals surface area contributed by atoms with Gasteiger partial charge in [0.1, 0.15) is 5.82 Å². The van der Waals surface area contributed by atoms with E-state index in [1.165, 1.54) is 6.42 Å². The number of benzene rings is 1. The first-order valence-corrected chi connectivity index (χ1v) is 7.97. The van der Waals surface area contributed by atoms with E-state index in [1.807, 2.05) is 6.07 Å². The normalized spacial score (nSPS) is 19.3. The first-order chi connectivity index (χ1) is 10.1. The smallest absolute Gasteiger partial charge is 0.123 e. The fourth-order valence-electron chi connectivity index (χ4n) is 3.02. The Kier molecular flexibility index (Phi) is 6.00. The van der Waals surface area contributed by atoms with Crippen LogP contribution in [0.1, 0.15) is 38.7 Å². The lowest BCUT2D eigenvalue weighted by molar-refractivity contribution is 0.244. The van der Waals surface area contributed by atoms with Gasteiger partial charge in [0.2, 0.25) is 0 Å². The summed E-state index contributed by atoms with van der Waals surface area (Å²) in [6, 6.07) is 5.46. The summed E-state index contributed by atoms with van der Waals surface area (Å²) in [5, 5.41) is 12.5. The number of nitrogens with zero attached hydrogens (tertiary/aromatic N) is 1. The van der Waals surface area contributed by atoms with Gasteiger partial charge in [0.15, 0.2) is 0 Å². The number of aliphatic hydroxyl groups is 1. The van der Waals surface area contributed by atoms with Crippen molar-refractivity contribution in [1.82, 2.24) is 5.32 Å². The van der Waals surface area contributed by atoms with E-state index >= 15 is 0 Å². The zero-order valence-electron chi connectivity index (χ0n) is 13.1. The Morgan fingerprint density at radius 2 is 2.24 bits per heavy atom. The van der Waals surface area contributed by atoms with Crippen molar-refractivity contribution in [2.24, 2.45) is 5.92 Å². The molecule has 4 heteroatoms. The number of hydrogen-bond acceptors (Lipinski definition) is 3. The van der Waals surface area contributed by atoms with Crippen molar-refractivity contribution in [1.29, 1.82) is 0 Å². The highest BCUT2D eigenvalue weighted by Gasteiger charge is 2.21. The molecule has 1 fully saturated rings. The number of nitrogens with one attached hydrogen (secondary N) is 1. The van der Waals surface area contributed by atoms with Crippen LogP contribution in [0, 0.1) is 11.7 Å². The Morgan fingerprint density at radius 3 is 2.95 bits per heavy atom. The molecule has 1 aliphatic heterocycles. The molecule has 2 N–H and O–H groups in total. The third-order valence-corrected chi connectivity index (χ3v) is 4.14. The van der Waals surface area contributed by atoms with E-state index in [2.05, 4.69) is 24.1 Å². The Labute approximate surface area is 127 Å². The molecule has 1 atom stereocenters. The zero-order valence-corrected chi connectivity index (χ0v) is 13.1. The molecule has 0 bridgehead atoms. The van der Waals surface area contributed by atoms with Gasteiger partial charge in [-0.25, -0.2) is 4.39 Å². The maximum Gasteiger partial charge on any atom is 0.123 e.